The lowest BCUT2D eigenvalue weighted by molar-refractivity contribution is -0.272. The molecule has 9 nitrogen and oxygen atoms in total. The summed E-state index contributed by atoms with van der Waals surface area (Å²) in [5.74, 6) is -7.59. The molecule has 1 aromatic carbocycles. The minimum atomic E-state index is -1.67. The summed E-state index contributed by atoms with van der Waals surface area (Å²) in [6, 6.07) is 9.14. The standard InChI is InChI=1S/C30H46O9/c1-6-10-15-21(8-3)29(38-26(35)19-24(31)32)28(22-16-13-12-14-17-22)30(37-5,23(9-4)18-11-7-2)39-27(36)20-25(33)34/h12-14,16-17,21,23,28-29H,6-11,15,18-20H2,1-5H3,(H,31,32)(H,33,34). The van der Waals surface area contributed by atoms with E-state index in [0.717, 1.165) is 25.7 Å². The molecule has 0 saturated heterocycles. The number of aliphatic carboxylic acids is 2. The summed E-state index contributed by atoms with van der Waals surface area (Å²) in [6.07, 6.45) is 3.33. The number of hydrogen-bond donors (Lipinski definition) is 2. The largest absolute Gasteiger partial charge is 0.481 e. The van der Waals surface area contributed by atoms with Crippen molar-refractivity contribution in [3.8, 4) is 0 Å². The molecular weight excluding hydrogens is 504 g/mol. The molecule has 0 heterocycles. The van der Waals surface area contributed by atoms with Gasteiger partial charge in [0.2, 0.25) is 5.79 Å². The van der Waals surface area contributed by atoms with Crippen LogP contribution in [0.25, 0.3) is 0 Å². The molecule has 5 atom stereocenters. The van der Waals surface area contributed by atoms with Crippen LogP contribution in [0.1, 0.15) is 103 Å². The van der Waals surface area contributed by atoms with Crippen LogP contribution in [0.5, 0.6) is 0 Å². The lowest BCUT2D eigenvalue weighted by atomic mass is 9.71. The minimum Gasteiger partial charge on any atom is -0.481 e. The van der Waals surface area contributed by atoms with Gasteiger partial charge in [0, 0.05) is 13.0 Å². The number of methoxy groups -OCH3 is 1. The average molecular weight is 551 g/mol. The molecule has 39 heavy (non-hydrogen) atoms. The zero-order valence-electron chi connectivity index (χ0n) is 24.0. The third kappa shape index (κ3) is 10.3. The van der Waals surface area contributed by atoms with E-state index in [0.29, 0.717) is 31.2 Å². The van der Waals surface area contributed by atoms with Crippen molar-refractivity contribution in [3.63, 3.8) is 0 Å². The Labute approximate surface area is 232 Å². The number of unbranched alkanes of at least 4 members (excludes halogenated alkanes) is 2. The molecule has 0 aromatic heterocycles. The zero-order valence-corrected chi connectivity index (χ0v) is 24.0. The second kappa shape index (κ2) is 17.6. The van der Waals surface area contributed by atoms with E-state index in [-0.39, 0.29) is 11.8 Å². The summed E-state index contributed by atoms with van der Waals surface area (Å²) >= 11 is 0. The third-order valence-electron chi connectivity index (χ3n) is 7.26. The summed E-state index contributed by atoms with van der Waals surface area (Å²) in [7, 11) is 1.42. The first-order valence-corrected chi connectivity index (χ1v) is 14.0. The number of carboxylic acid groups (broad SMARTS) is 2. The van der Waals surface area contributed by atoms with Crippen LogP contribution in [0.3, 0.4) is 0 Å². The number of hydrogen-bond acceptors (Lipinski definition) is 7. The number of esters is 2. The van der Waals surface area contributed by atoms with E-state index in [1.807, 2.05) is 51.1 Å². The Morgan fingerprint density at radius 1 is 0.821 bits per heavy atom. The molecule has 1 aromatic rings. The topological polar surface area (TPSA) is 136 Å². The van der Waals surface area contributed by atoms with Gasteiger partial charge in [0.1, 0.15) is 18.9 Å². The Morgan fingerprint density at radius 3 is 1.87 bits per heavy atom. The van der Waals surface area contributed by atoms with Gasteiger partial charge in [-0.25, -0.2) is 0 Å². The summed E-state index contributed by atoms with van der Waals surface area (Å²) in [6.45, 7) is 8.01. The molecule has 0 bridgehead atoms. The predicted molar refractivity (Wildman–Crippen MR) is 146 cm³/mol. The molecule has 0 spiro atoms. The fraction of sp³-hybridized carbons (Fsp3) is 0.667. The fourth-order valence-corrected chi connectivity index (χ4v) is 5.35. The van der Waals surface area contributed by atoms with Crippen LogP contribution >= 0.6 is 0 Å². The first kappa shape index (κ1) is 34.1. The van der Waals surface area contributed by atoms with Gasteiger partial charge < -0.3 is 24.4 Å². The van der Waals surface area contributed by atoms with Crippen LogP contribution in [0.15, 0.2) is 30.3 Å². The highest BCUT2D eigenvalue weighted by atomic mass is 16.7. The highest BCUT2D eigenvalue weighted by Gasteiger charge is 2.55. The number of carbonyl (C=O) groups excluding carboxylic acids is 2. The Hall–Kier alpha value is -2.94. The maximum atomic E-state index is 13.0. The molecule has 0 aliphatic carbocycles. The van der Waals surface area contributed by atoms with E-state index < -0.39 is 54.5 Å². The first-order valence-electron chi connectivity index (χ1n) is 14.0. The van der Waals surface area contributed by atoms with Crippen LogP contribution in [-0.4, -0.2) is 53.1 Å². The Kier molecular flexibility index (Phi) is 15.4. The molecular formula is C30H46O9. The van der Waals surface area contributed by atoms with Gasteiger partial charge in [0.25, 0.3) is 0 Å². The molecule has 220 valence electrons. The summed E-state index contributed by atoms with van der Waals surface area (Å²) < 4.78 is 18.2. The van der Waals surface area contributed by atoms with Crippen LogP contribution in [0, 0.1) is 11.8 Å². The Morgan fingerprint density at radius 2 is 1.38 bits per heavy atom. The summed E-state index contributed by atoms with van der Waals surface area (Å²) in [4.78, 5) is 48.6. The quantitative estimate of drug-likeness (QED) is 0.115. The van der Waals surface area contributed by atoms with Crippen molar-refractivity contribution in [1.82, 2.24) is 0 Å². The number of ether oxygens (including phenoxy) is 3. The van der Waals surface area contributed by atoms with Gasteiger partial charge in [0.15, 0.2) is 0 Å². The van der Waals surface area contributed by atoms with E-state index in [9.17, 15) is 29.4 Å². The smallest absolute Gasteiger partial charge is 0.319 e. The zero-order chi connectivity index (χ0) is 29.4. The first-order chi connectivity index (χ1) is 18.6. The highest BCUT2D eigenvalue weighted by Crippen LogP contribution is 2.48. The number of carboxylic acids is 2. The lowest BCUT2D eigenvalue weighted by Gasteiger charge is -2.48. The fourth-order valence-electron chi connectivity index (χ4n) is 5.35. The monoisotopic (exact) mass is 550 g/mol. The second-order valence-corrected chi connectivity index (χ2v) is 9.94. The molecule has 0 amide bonds. The van der Waals surface area contributed by atoms with E-state index in [1.54, 1.807) is 0 Å². The maximum Gasteiger partial charge on any atom is 0.319 e. The molecule has 5 unspecified atom stereocenters. The van der Waals surface area contributed by atoms with E-state index in [1.165, 1.54) is 7.11 Å². The second-order valence-electron chi connectivity index (χ2n) is 9.94. The lowest BCUT2D eigenvalue weighted by Crippen LogP contribution is -2.55. The van der Waals surface area contributed by atoms with Crippen molar-refractivity contribution in [2.75, 3.05) is 7.11 Å². The van der Waals surface area contributed by atoms with Gasteiger partial charge in [-0.2, -0.15) is 0 Å². The van der Waals surface area contributed by atoms with Crippen molar-refractivity contribution in [1.29, 1.82) is 0 Å². The van der Waals surface area contributed by atoms with Gasteiger partial charge in [-0.15, -0.1) is 0 Å². The minimum absolute atomic E-state index is 0.204. The third-order valence-corrected chi connectivity index (χ3v) is 7.26. The van der Waals surface area contributed by atoms with Gasteiger partial charge in [-0.3, -0.25) is 19.2 Å². The number of carbonyl (C=O) groups is 4. The van der Waals surface area contributed by atoms with Gasteiger partial charge in [-0.1, -0.05) is 83.7 Å². The number of benzene rings is 1. The molecule has 2 N–H and O–H groups in total. The van der Waals surface area contributed by atoms with Crippen molar-refractivity contribution in [2.24, 2.45) is 11.8 Å². The van der Waals surface area contributed by atoms with Crippen LogP contribution < -0.4 is 0 Å². The van der Waals surface area contributed by atoms with Crippen molar-refractivity contribution >= 4 is 23.9 Å². The normalized spacial score (nSPS) is 15.8. The van der Waals surface area contributed by atoms with Crippen LogP contribution in [-0.2, 0) is 33.4 Å². The van der Waals surface area contributed by atoms with Crippen molar-refractivity contribution in [3.05, 3.63) is 35.9 Å². The molecule has 0 saturated carbocycles. The summed E-state index contributed by atoms with van der Waals surface area (Å²) in [5.41, 5.74) is 0.681. The molecule has 1 rings (SSSR count). The number of rotatable bonds is 20. The Bertz CT molecular complexity index is 901. The summed E-state index contributed by atoms with van der Waals surface area (Å²) in [5, 5.41) is 18.6. The molecule has 0 aliphatic rings. The SMILES string of the molecule is CCCCC(CC)C(OC(=O)CC(=O)O)C(c1ccccc1)C(OC)(OC(=O)CC(=O)O)C(CC)CCCC. The Balaban J connectivity index is 3.96. The average Bonchev–Trinajstić information content (AvgIpc) is 2.88. The van der Waals surface area contributed by atoms with Crippen molar-refractivity contribution in [2.45, 2.75) is 110 Å². The van der Waals surface area contributed by atoms with Crippen LogP contribution in [0.4, 0.5) is 0 Å². The van der Waals surface area contributed by atoms with E-state index >= 15 is 0 Å². The molecule has 9 heteroatoms. The van der Waals surface area contributed by atoms with E-state index in [2.05, 4.69) is 6.92 Å². The van der Waals surface area contributed by atoms with Gasteiger partial charge in [-0.05, 0) is 37.2 Å². The van der Waals surface area contributed by atoms with Gasteiger partial charge >= 0.3 is 23.9 Å². The maximum absolute atomic E-state index is 13.0. The van der Waals surface area contributed by atoms with Gasteiger partial charge in [0.05, 0.1) is 5.92 Å². The van der Waals surface area contributed by atoms with Crippen molar-refractivity contribution < 1.29 is 43.6 Å². The van der Waals surface area contributed by atoms with E-state index in [4.69, 9.17) is 14.2 Å². The molecule has 0 aliphatic heterocycles. The predicted octanol–water partition coefficient (Wildman–Crippen LogP) is 5.95. The molecule has 0 fully saturated rings. The molecule has 0 radical (unpaired) electrons. The highest BCUT2D eigenvalue weighted by molar-refractivity contribution is 5.90. The van der Waals surface area contributed by atoms with Crippen LogP contribution in [0.2, 0.25) is 0 Å².